The molecule has 2 aliphatic heterocycles. The van der Waals surface area contributed by atoms with E-state index in [9.17, 15) is 4.79 Å². The zero-order valence-corrected chi connectivity index (χ0v) is 13.5. The molecule has 1 saturated heterocycles. The Morgan fingerprint density at radius 3 is 3.25 bits per heavy atom. The summed E-state index contributed by atoms with van der Waals surface area (Å²) in [6.07, 6.45) is 6.07. The van der Waals surface area contributed by atoms with Gasteiger partial charge in [-0.2, -0.15) is 11.8 Å². The first-order valence-corrected chi connectivity index (χ1v) is 9.38. The maximum absolute atomic E-state index is 12.4. The van der Waals surface area contributed by atoms with Crippen LogP contribution >= 0.6 is 23.5 Å². The molecule has 110 valence electrons. The van der Waals surface area contributed by atoms with E-state index < -0.39 is 0 Å². The number of aromatic nitrogens is 2. The molecule has 2 aliphatic rings. The van der Waals surface area contributed by atoms with Crippen molar-refractivity contribution in [2.45, 2.75) is 24.6 Å². The van der Waals surface area contributed by atoms with Crippen LogP contribution < -0.4 is 0 Å². The summed E-state index contributed by atoms with van der Waals surface area (Å²) in [6.45, 7) is 1.91. The van der Waals surface area contributed by atoms with Crippen molar-refractivity contribution in [1.29, 1.82) is 0 Å². The summed E-state index contributed by atoms with van der Waals surface area (Å²) >= 11 is 3.73. The second-order valence-corrected chi connectivity index (χ2v) is 8.01. The van der Waals surface area contributed by atoms with Crippen LogP contribution in [0.25, 0.3) is 0 Å². The monoisotopic (exact) mass is 311 g/mol. The van der Waals surface area contributed by atoms with Crippen molar-refractivity contribution in [2.24, 2.45) is 5.92 Å². The van der Waals surface area contributed by atoms with Crippen LogP contribution in [-0.2, 0) is 17.8 Å². The van der Waals surface area contributed by atoms with Crippen molar-refractivity contribution < 1.29 is 4.79 Å². The maximum Gasteiger partial charge on any atom is 0.236 e. The van der Waals surface area contributed by atoms with Gasteiger partial charge in [0.2, 0.25) is 5.91 Å². The Morgan fingerprint density at radius 1 is 1.55 bits per heavy atom. The summed E-state index contributed by atoms with van der Waals surface area (Å²) in [6, 6.07) is 0. The number of hydrogen-bond acceptors (Lipinski definition) is 4. The molecule has 6 heteroatoms. The summed E-state index contributed by atoms with van der Waals surface area (Å²) in [5.41, 5.74) is 0. The van der Waals surface area contributed by atoms with Crippen LogP contribution in [0.4, 0.5) is 0 Å². The number of carbonyl (C=O) groups excluding carboxylic acids is 1. The van der Waals surface area contributed by atoms with Gasteiger partial charge in [-0.1, -0.05) is 0 Å². The molecular weight excluding hydrogens is 290 g/mol. The van der Waals surface area contributed by atoms with Crippen LogP contribution in [-0.4, -0.2) is 56.5 Å². The first-order valence-electron chi connectivity index (χ1n) is 7.18. The highest BCUT2D eigenvalue weighted by Gasteiger charge is 2.27. The van der Waals surface area contributed by atoms with E-state index in [0.29, 0.717) is 11.8 Å². The molecule has 0 radical (unpaired) electrons. The van der Waals surface area contributed by atoms with Gasteiger partial charge < -0.3 is 9.47 Å². The highest BCUT2D eigenvalue weighted by atomic mass is 32.2. The second-order valence-electron chi connectivity index (χ2n) is 5.55. The number of amides is 1. The largest absolute Gasteiger partial charge is 0.344 e. The molecule has 1 aromatic rings. The summed E-state index contributed by atoms with van der Waals surface area (Å²) < 4.78 is 2.23. The van der Waals surface area contributed by atoms with Gasteiger partial charge in [0.05, 0.1) is 5.25 Å². The molecule has 1 fully saturated rings. The van der Waals surface area contributed by atoms with Crippen LogP contribution in [0.2, 0.25) is 0 Å². The van der Waals surface area contributed by atoms with Gasteiger partial charge in [-0.15, -0.1) is 11.8 Å². The van der Waals surface area contributed by atoms with Gasteiger partial charge in [-0.25, -0.2) is 4.98 Å². The minimum atomic E-state index is 0.171. The summed E-state index contributed by atoms with van der Waals surface area (Å²) in [4.78, 5) is 18.8. The minimum Gasteiger partial charge on any atom is -0.344 e. The van der Waals surface area contributed by atoms with E-state index >= 15 is 0 Å². The third-order valence-corrected chi connectivity index (χ3v) is 6.79. The number of thioether (sulfide) groups is 2. The lowest BCUT2D eigenvalue weighted by Crippen LogP contribution is -2.41. The molecule has 0 bridgehead atoms. The Hall–Kier alpha value is -0.620. The minimum absolute atomic E-state index is 0.171. The molecule has 0 unspecified atom stereocenters. The molecule has 0 aliphatic carbocycles. The van der Waals surface area contributed by atoms with Gasteiger partial charge in [-0.3, -0.25) is 4.79 Å². The lowest BCUT2D eigenvalue weighted by atomic mass is 9.97. The molecule has 3 rings (SSSR count). The first-order chi connectivity index (χ1) is 9.74. The molecule has 20 heavy (non-hydrogen) atoms. The molecular formula is C14H21N3OS2. The Morgan fingerprint density at radius 2 is 2.45 bits per heavy atom. The number of aryl methyl sites for hydroxylation is 1. The van der Waals surface area contributed by atoms with E-state index in [1.807, 2.05) is 41.7 Å². The SMILES string of the molecule is CN(C[C@@H]1CCn2ccnc2C1)C(=O)[C@H]1CSCCS1. The molecule has 0 saturated carbocycles. The van der Waals surface area contributed by atoms with Crippen LogP contribution in [0.1, 0.15) is 12.2 Å². The average Bonchev–Trinajstić information content (AvgIpc) is 2.95. The molecule has 0 aromatic carbocycles. The fraction of sp³-hybridized carbons (Fsp3) is 0.714. The van der Waals surface area contributed by atoms with E-state index in [1.54, 1.807) is 0 Å². The van der Waals surface area contributed by atoms with Crippen molar-refractivity contribution in [1.82, 2.24) is 14.5 Å². The lowest BCUT2D eigenvalue weighted by molar-refractivity contribution is -0.129. The number of imidazole rings is 1. The standard InChI is InChI=1S/C14H21N3OS2/c1-16(14(18)12-10-19-6-7-20-12)9-11-2-4-17-5-3-15-13(17)8-11/h3,5,11-12H,2,4,6-10H2,1H3/t11-,12-/m1/s1. The molecule has 4 nitrogen and oxygen atoms in total. The first kappa shape index (κ1) is 14.3. The van der Waals surface area contributed by atoms with Crippen molar-refractivity contribution in [3.05, 3.63) is 18.2 Å². The van der Waals surface area contributed by atoms with Crippen molar-refractivity contribution in [2.75, 3.05) is 30.9 Å². The van der Waals surface area contributed by atoms with E-state index in [0.717, 1.165) is 37.4 Å². The number of rotatable bonds is 3. The molecule has 1 aromatic heterocycles. The molecule has 3 heterocycles. The third-order valence-electron chi connectivity index (χ3n) is 4.05. The second kappa shape index (κ2) is 6.43. The van der Waals surface area contributed by atoms with Crippen molar-refractivity contribution >= 4 is 29.4 Å². The quantitative estimate of drug-likeness (QED) is 0.852. The smallest absolute Gasteiger partial charge is 0.236 e. The van der Waals surface area contributed by atoms with Gasteiger partial charge in [0.15, 0.2) is 0 Å². The average molecular weight is 311 g/mol. The number of fused-ring (bicyclic) bond motifs is 1. The van der Waals surface area contributed by atoms with Gasteiger partial charge in [0.1, 0.15) is 5.82 Å². The maximum atomic E-state index is 12.4. The molecule has 2 atom stereocenters. The van der Waals surface area contributed by atoms with E-state index in [2.05, 4.69) is 15.7 Å². The topological polar surface area (TPSA) is 38.1 Å². The van der Waals surface area contributed by atoms with Gasteiger partial charge in [-0.05, 0) is 12.3 Å². The zero-order chi connectivity index (χ0) is 13.9. The van der Waals surface area contributed by atoms with E-state index in [1.165, 1.54) is 11.6 Å². The Labute approximate surface area is 128 Å². The van der Waals surface area contributed by atoms with E-state index in [-0.39, 0.29) is 5.25 Å². The highest BCUT2D eigenvalue weighted by Crippen LogP contribution is 2.26. The molecule has 0 N–H and O–H groups in total. The van der Waals surface area contributed by atoms with Crippen LogP contribution in [0.3, 0.4) is 0 Å². The number of nitrogens with zero attached hydrogens (tertiary/aromatic N) is 3. The fourth-order valence-electron chi connectivity index (χ4n) is 2.92. The number of hydrogen-bond donors (Lipinski definition) is 0. The number of carbonyl (C=O) groups is 1. The highest BCUT2D eigenvalue weighted by molar-refractivity contribution is 8.07. The van der Waals surface area contributed by atoms with Crippen molar-refractivity contribution in [3.63, 3.8) is 0 Å². The van der Waals surface area contributed by atoms with Crippen LogP contribution in [0.15, 0.2) is 12.4 Å². The molecule has 1 amide bonds. The van der Waals surface area contributed by atoms with Gasteiger partial charge >= 0.3 is 0 Å². The lowest BCUT2D eigenvalue weighted by Gasteiger charge is -2.30. The van der Waals surface area contributed by atoms with E-state index in [4.69, 9.17) is 0 Å². The third kappa shape index (κ3) is 3.17. The Bertz CT molecular complexity index is 471. The zero-order valence-electron chi connectivity index (χ0n) is 11.8. The summed E-state index contributed by atoms with van der Waals surface area (Å²) in [5.74, 6) is 5.31. The molecule has 0 spiro atoms. The fourth-order valence-corrected chi connectivity index (χ4v) is 5.59. The summed E-state index contributed by atoms with van der Waals surface area (Å²) in [5, 5.41) is 0.171. The Kier molecular flexibility index (Phi) is 4.61. The van der Waals surface area contributed by atoms with Gasteiger partial charge in [0, 0.05) is 56.2 Å². The predicted molar refractivity (Wildman–Crippen MR) is 85.2 cm³/mol. The normalized spacial score (nSPS) is 26.1. The van der Waals surface area contributed by atoms with Crippen molar-refractivity contribution in [3.8, 4) is 0 Å². The van der Waals surface area contributed by atoms with Crippen LogP contribution in [0, 0.1) is 5.92 Å². The van der Waals surface area contributed by atoms with Crippen LogP contribution in [0.5, 0.6) is 0 Å². The van der Waals surface area contributed by atoms with Gasteiger partial charge in [0.25, 0.3) is 0 Å². The Balaban J connectivity index is 1.54. The summed E-state index contributed by atoms with van der Waals surface area (Å²) in [7, 11) is 1.96. The predicted octanol–water partition coefficient (Wildman–Crippen LogP) is 1.75.